The van der Waals surface area contributed by atoms with E-state index in [1.54, 1.807) is 13.8 Å². The van der Waals surface area contributed by atoms with Gasteiger partial charge in [-0.1, -0.05) is 48.5 Å². The first-order valence-corrected chi connectivity index (χ1v) is 8.45. The van der Waals surface area contributed by atoms with Crippen LogP contribution in [0.1, 0.15) is 59.3 Å². The number of hydrogen-bond acceptors (Lipinski definition) is 4. The lowest BCUT2D eigenvalue weighted by Gasteiger charge is -2.17. The van der Waals surface area contributed by atoms with Crippen molar-refractivity contribution < 1.29 is 19.1 Å². The number of carbonyl (C=O) groups is 2. The van der Waals surface area contributed by atoms with Crippen molar-refractivity contribution in [3.63, 3.8) is 0 Å². The highest BCUT2D eigenvalue weighted by atomic mass is 79.9. The third-order valence-corrected chi connectivity index (χ3v) is 3.84. The first kappa shape index (κ1) is 19.4. The first-order valence-electron chi connectivity index (χ1n) is 7.54. The summed E-state index contributed by atoms with van der Waals surface area (Å²) in [7, 11) is 0. The average Bonchev–Trinajstić information content (AvgIpc) is 2.41. The maximum atomic E-state index is 11.8. The lowest BCUT2D eigenvalue weighted by molar-refractivity contribution is -0.161. The van der Waals surface area contributed by atoms with Crippen molar-refractivity contribution in [1.29, 1.82) is 0 Å². The second-order valence-electron chi connectivity index (χ2n) is 4.74. The highest BCUT2D eigenvalue weighted by Gasteiger charge is 2.31. The molecular formula is C15H27BrO4. The molecule has 0 radical (unpaired) electrons. The topological polar surface area (TPSA) is 52.6 Å². The molecule has 1 atom stereocenters. The third kappa shape index (κ3) is 8.56. The largest absolute Gasteiger partial charge is 0.465 e. The van der Waals surface area contributed by atoms with Crippen molar-refractivity contribution in [3.05, 3.63) is 0 Å². The average molecular weight is 351 g/mol. The second kappa shape index (κ2) is 12.2. The van der Waals surface area contributed by atoms with Gasteiger partial charge in [-0.05, 0) is 26.7 Å². The van der Waals surface area contributed by atoms with Gasteiger partial charge in [-0.3, -0.25) is 9.59 Å². The van der Waals surface area contributed by atoms with Crippen LogP contribution in [0.15, 0.2) is 0 Å². The highest BCUT2D eigenvalue weighted by Crippen LogP contribution is 2.22. The molecule has 0 aliphatic rings. The number of carbonyl (C=O) groups excluding carboxylic acids is 2. The van der Waals surface area contributed by atoms with E-state index in [0.29, 0.717) is 6.42 Å². The molecule has 0 heterocycles. The van der Waals surface area contributed by atoms with Crippen LogP contribution in [0.3, 0.4) is 0 Å². The Hall–Kier alpha value is -0.580. The Morgan fingerprint density at radius 3 is 1.95 bits per heavy atom. The van der Waals surface area contributed by atoms with Crippen LogP contribution in [-0.2, 0) is 19.1 Å². The number of alkyl halides is 1. The molecule has 0 saturated carbocycles. The zero-order chi connectivity index (χ0) is 15.4. The zero-order valence-electron chi connectivity index (χ0n) is 12.8. The predicted molar refractivity (Wildman–Crippen MR) is 82.8 cm³/mol. The summed E-state index contributed by atoms with van der Waals surface area (Å²) in [4.78, 5) is 23.8. The normalized spacial score (nSPS) is 12.2. The molecule has 0 aromatic heterocycles. The molecule has 0 aromatic rings. The van der Waals surface area contributed by atoms with Crippen molar-refractivity contribution in [2.75, 3.05) is 13.2 Å². The molecule has 20 heavy (non-hydrogen) atoms. The van der Waals surface area contributed by atoms with Gasteiger partial charge in [0, 0.05) is 4.83 Å². The quantitative estimate of drug-likeness (QED) is 0.246. The van der Waals surface area contributed by atoms with Gasteiger partial charge in [-0.15, -0.1) is 0 Å². The molecule has 0 fully saturated rings. The van der Waals surface area contributed by atoms with Crippen molar-refractivity contribution in [3.8, 4) is 0 Å². The van der Waals surface area contributed by atoms with Crippen molar-refractivity contribution >= 4 is 27.9 Å². The van der Waals surface area contributed by atoms with Crippen LogP contribution in [0.4, 0.5) is 0 Å². The highest BCUT2D eigenvalue weighted by molar-refractivity contribution is 9.09. The van der Waals surface area contributed by atoms with Crippen molar-refractivity contribution in [2.45, 2.75) is 64.1 Å². The Labute approximate surface area is 130 Å². The van der Waals surface area contributed by atoms with E-state index < -0.39 is 17.9 Å². The van der Waals surface area contributed by atoms with E-state index in [0.717, 1.165) is 12.8 Å². The SMILES string of the molecule is CCCCCCC(Br)CC(C(=O)OCC)C(=O)OCC. The summed E-state index contributed by atoms with van der Waals surface area (Å²) in [6, 6.07) is 0. The molecule has 0 spiro atoms. The Kier molecular flexibility index (Phi) is 11.8. The van der Waals surface area contributed by atoms with E-state index in [2.05, 4.69) is 22.9 Å². The fourth-order valence-corrected chi connectivity index (χ4v) is 2.64. The molecule has 5 heteroatoms. The van der Waals surface area contributed by atoms with Crippen LogP contribution in [0.5, 0.6) is 0 Å². The molecule has 0 aliphatic carbocycles. The molecule has 0 amide bonds. The molecular weight excluding hydrogens is 324 g/mol. The van der Waals surface area contributed by atoms with Crippen LogP contribution in [0, 0.1) is 5.92 Å². The Morgan fingerprint density at radius 2 is 1.50 bits per heavy atom. The predicted octanol–water partition coefficient (Wildman–Crippen LogP) is 3.85. The number of unbranched alkanes of at least 4 members (excludes halogenated alkanes) is 3. The van der Waals surface area contributed by atoms with Crippen LogP contribution < -0.4 is 0 Å². The summed E-state index contributed by atoms with van der Waals surface area (Å²) < 4.78 is 9.91. The van der Waals surface area contributed by atoms with Gasteiger partial charge >= 0.3 is 11.9 Å². The lowest BCUT2D eigenvalue weighted by Crippen LogP contribution is -2.30. The Balaban J connectivity index is 4.32. The van der Waals surface area contributed by atoms with Crippen LogP contribution in [-0.4, -0.2) is 30.0 Å². The Morgan fingerprint density at radius 1 is 0.950 bits per heavy atom. The second-order valence-corrected chi connectivity index (χ2v) is 6.03. The van der Waals surface area contributed by atoms with Crippen LogP contribution in [0.25, 0.3) is 0 Å². The molecule has 118 valence electrons. The van der Waals surface area contributed by atoms with Crippen LogP contribution in [0.2, 0.25) is 0 Å². The van der Waals surface area contributed by atoms with Gasteiger partial charge in [-0.2, -0.15) is 0 Å². The minimum absolute atomic E-state index is 0.137. The summed E-state index contributed by atoms with van der Waals surface area (Å²) in [5, 5.41) is 0. The lowest BCUT2D eigenvalue weighted by atomic mass is 10.00. The van der Waals surface area contributed by atoms with Gasteiger partial charge in [0.05, 0.1) is 13.2 Å². The standard InChI is InChI=1S/C15H27BrO4/c1-4-7-8-9-10-12(16)11-13(14(17)19-5-2)15(18)20-6-3/h12-13H,4-11H2,1-3H3. The van der Waals surface area contributed by atoms with Crippen molar-refractivity contribution in [2.24, 2.45) is 5.92 Å². The van der Waals surface area contributed by atoms with Gasteiger partial charge < -0.3 is 9.47 Å². The number of hydrogen-bond donors (Lipinski definition) is 0. The van der Waals surface area contributed by atoms with Gasteiger partial charge in [0.15, 0.2) is 5.92 Å². The number of esters is 2. The minimum atomic E-state index is -0.814. The summed E-state index contributed by atoms with van der Waals surface area (Å²) in [5.41, 5.74) is 0. The fourth-order valence-electron chi connectivity index (χ4n) is 1.94. The number of halogens is 1. The Bertz CT molecular complexity index is 263. The zero-order valence-corrected chi connectivity index (χ0v) is 14.4. The minimum Gasteiger partial charge on any atom is -0.465 e. The van der Waals surface area contributed by atoms with Gasteiger partial charge in [-0.25, -0.2) is 0 Å². The summed E-state index contributed by atoms with van der Waals surface area (Å²) in [6.07, 6.45) is 6.09. The number of ether oxygens (including phenoxy) is 2. The molecule has 1 unspecified atom stereocenters. The summed E-state index contributed by atoms with van der Waals surface area (Å²) in [5.74, 6) is -1.78. The van der Waals surface area contributed by atoms with Gasteiger partial charge in [0.25, 0.3) is 0 Å². The molecule has 0 bridgehead atoms. The monoisotopic (exact) mass is 350 g/mol. The smallest absolute Gasteiger partial charge is 0.320 e. The van der Waals surface area contributed by atoms with Crippen molar-refractivity contribution in [1.82, 2.24) is 0 Å². The van der Waals surface area contributed by atoms with E-state index in [1.807, 2.05) is 0 Å². The molecule has 0 N–H and O–H groups in total. The molecule has 0 aromatic carbocycles. The van der Waals surface area contributed by atoms with E-state index in [4.69, 9.17) is 9.47 Å². The van der Waals surface area contributed by atoms with E-state index in [-0.39, 0.29) is 18.0 Å². The summed E-state index contributed by atoms with van der Waals surface area (Å²) in [6.45, 7) is 6.19. The molecule has 0 aliphatic heterocycles. The number of rotatable bonds is 11. The maximum Gasteiger partial charge on any atom is 0.320 e. The van der Waals surface area contributed by atoms with Gasteiger partial charge in [0.1, 0.15) is 0 Å². The molecule has 0 rings (SSSR count). The third-order valence-electron chi connectivity index (χ3n) is 3.00. The van der Waals surface area contributed by atoms with E-state index in [1.165, 1.54) is 19.3 Å². The van der Waals surface area contributed by atoms with Gasteiger partial charge in [0.2, 0.25) is 0 Å². The summed E-state index contributed by atoms with van der Waals surface area (Å²) >= 11 is 3.55. The maximum absolute atomic E-state index is 11.8. The first-order chi connectivity index (χ1) is 9.56. The molecule has 4 nitrogen and oxygen atoms in total. The van der Waals surface area contributed by atoms with E-state index >= 15 is 0 Å². The molecule has 0 saturated heterocycles. The van der Waals surface area contributed by atoms with E-state index in [9.17, 15) is 9.59 Å². The van der Waals surface area contributed by atoms with Crippen LogP contribution >= 0.6 is 15.9 Å². The fraction of sp³-hybridized carbons (Fsp3) is 0.867.